The second-order valence-corrected chi connectivity index (χ2v) is 12.9. The van der Waals surface area contributed by atoms with Gasteiger partial charge in [-0.25, -0.2) is 30.1 Å². The van der Waals surface area contributed by atoms with Gasteiger partial charge in [0, 0.05) is 19.5 Å². The molecule has 31 heavy (non-hydrogen) atoms. The quantitative estimate of drug-likeness (QED) is 0.654. The molecular formula is C19H27N5O5S2. The van der Waals surface area contributed by atoms with Crippen LogP contribution in [0.25, 0.3) is 0 Å². The van der Waals surface area contributed by atoms with Crippen molar-refractivity contribution >= 4 is 26.0 Å². The average Bonchev–Trinajstić information content (AvgIpc) is 3.16. The van der Waals surface area contributed by atoms with Crippen LogP contribution in [-0.4, -0.2) is 60.4 Å². The number of sulfonamides is 2. The van der Waals surface area contributed by atoms with Crippen molar-refractivity contribution < 1.29 is 21.6 Å². The Bertz CT molecular complexity index is 1260. The maximum atomic E-state index is 13.2. The molecule has 10 nitrogen and oxygen atoms in total. The fourth-order valence-corrected chi connectivity index (χ4v) is 6.20. The van der Waals surface area contributed by atoms with Gasteiger partial charge < -0.3 is 0 Å². The summed E-state index contributed by atoms with van der Waals surface area (Å²) in [6.07, 6.45) is 0. The van der Waals surface area contributed by atoms with Gasteiger partial charge in [-0.15, -0.1) is 5.10 Å². The zero-order valence-corrected chi connectivity index (χ0v) is 20.2. The lowest BCUT2D eigenvalue weighted by atomic mass is 9.93. The van der Waals surface area contributed by atoms with Crippen molar-refractivity contribution in [3.05, 3.63) is 35.0 Å². The molecule has 0 aliphatic carbocycles. The lowest BCUT2D eigenvalue weighted by molar-refractivity contribution is 0.0835. The average molecular weight is 470 g/mol. The molecule has 1 aliphatic heterocycles. The van der Waals surface area contributed by atoms with Gasteiger partial charge in [-0.3, -0.25) is 4.79 Å². The van der Waals surface area contributed by atoms with Gasteiger partial charge in [-0.2, -0.15) is 0 Å². The lowest BCUT2D eigenvalue weighted by Crippen LogP contribution is -2.35. The lowest BCUT2D eigenvalue weighted by Gasteiger charge is -2.24. The molecule has 170 valence electrons. The van der Waals surface area contributed by atoms with Crippen molar-refractivity contribution in [3.8, 4) is 0 Å². The summed E-state index contributed by atoms with van der Waals surface area (Å²) in [6, 6.07) is 4.75. The van der Waals surface area contributed by atoms with Gasteiger partial charge in [-0.1, -0.05) is 52.0 Å². The Kier molecular flexibility index (Phi) is 5.56. The van der Waals surface area contributed by atoms with Crippen LogP contribution in [0.1, 0.15) is 62.2 Å². The van der Waals surface area contributed by atoms with E-state index in [2.05, 4.69) is 10.3 Å². The van der Waals surface area contributed by atoms with Crippen LogP contribution in [0.2, 0.25) is 0 Å². The fraction of sp³-hybridized carbons (Fsp3) is 0.526. The van der Waals surface area contributed by atoms with Crippen LogP contribution in [-0.2, 0) is 32.1 Å². The highest BCUT2D eigenvalue weighted by molar-refractivity contribution is 7.90. The fourth-order valence-electron chi connectivity index (χ4n) is 3.54. The SMILES string of the molecule is CC(C)c1cccc2c1C(=O)N(Cn1nnc(S(=O)(=O)N(C)C)c1C(C)(C)C)S2(=O)=O. The van der Waals surface area contributed by atoms with E-state index in [0.29, 0.717) is 5.56 Å². The normalized spacial score (nSPS) is 16.4. The summed E-state index contributed by atoms with van der Waals surface area (Å²) in [5.74, 6) is -0.714. The Morgan fingerprint density at radius 2 is 1.77 bits per heavy atom. The number of rotatable bonds is 5. The van der Waals surface area contributed by atoms with Crippen molar-refractivity contribution in [1.82, 2.24) is 23.6 Å². The van der Waals surface area contributed by atoms with Crippen LogP contribution in [0.5, 0.6) is 0 Å². The molecule has 0 fully saturated rings. The number of carbonyl (C=O) groups is 1. The van der Waals surface area contributed by atoms with Gasteiger partial charge in [0.1, 0.15) is 11.6 Å². The van der Waals surface area contributed by atoms with E-state index in [-0.39, 0.29) is 27.1 Å². The first-order chi connectivity index (χ1) is 14.1. The van der Waals surface area contributed by atoms with Gasteiger partial charge in [0.2, 0.25) is 5.03 Å². The summed E-state index contributed by atoms with van der Waals surface area (Å²) in [6.45, 7) is 8.59. The largest absolute Gasteiger partial charge is 0.270 e. The number of amides is 1. The molecule has 0 bridgehead atoms. The molecule has 2 heterocycles. The number of fused-ring (bicyclic) bond motifs is 1. The van der Waals surface area contributed by atoms with Gasteiger partial charge in [0.15, 0.2) is 0 Å². The van der Waals surface area contributed by atoms with Crippen LogP contribution in [0, 0.1) is 0 Å². The number of aromatic nitrogens is 3. The van der Waals surface area contributed by atoms with Crippen LogP contribution >= 0.6 is 0 Å². The van der Waals surface area contributed by atoms with E-state index in [0.717, 1.165) is 8.61 Å². The number of nitrogens with zero attached hydrogens (tertiary/aromatic N) is 5. The second-order valence-electron chi connectivity index (χ2n) is 8.96. The van der Waals surface area contributed by atoms with E-state index in [9.17, 15) is 21.6 Å². The molecule has 12 heteroatoms. The van der Waals surface area contributed by atoms with Gasteiger partial charge in [-0.05, 0) is 17.5 Å². The van der Waals surface area contributed by atoms with E-state index in [1.54, 1.807) is 32.9 Å². The molecule has 3 rings (SSSR count). The summed E-state index contributed by atoms with van der Waals surface area (Å²) in [7, 11) is -5.30. The van der Waals surface area contributed by atoms with Gasteiger partial charge in [0.25, 0.3) is 26.0 Å². The summed E-state index contributed by atoms with van der Waals surface area (Å²) < 4.78 is 54.7. The molecule has 0 N–H and O–H groups in total. The number of carbonyl (C=O) groups excluding carboxylic acids is 1. The third kappa shape index (κ3) is 3.66. The molecule has 0 radical (unpaired) electrons. The maximum absolute atomic E-state index is 13.2. The molecule has 0 saturated carbocycles. The van der Waals surface area contributed by atoms with Crippen molar-refractivity contribution in [2.24, 2.45) is 0 Å². The monoisotopic (exact) mass is 469 g/mol. The highest BCUT2D eigenvalue weighted by atomic mass is 32.2. The molecule has 1 aromatic carbocycles. The van der Waals surface area contributed by atoms with Crippen molar-refractivity contribution in [2.75, 3.05) is 14.1 Å². The summed E-state index contributed by atoms with van der Waals surface area (Å²) >= 11 is 0. The van der Waals surface area contributed by atoms with Crippen LogP contribution in [0.15, 0.2) is 28.1 Å². The van der Waals surface area contributed by atoms with E-state index in [1.165, 1.54) is 24.8 Å². The minimum Gasteiger partial charge on any atom is -0.268 e. The van der Waals surface area contributed by atoms with Gasteiger partial charge >= 0.3 is 0 Å². The Balaban J connectivity index is 2.16. The first-order valence-corrected chi connectivity index (χ1v) is 12.6. The smallest absolute Gasteiger partial charge is 0.268 e. The van der Waals surface area contributed by atoms with Gasteiger partial charge in [0.05, 0.1) is 11.3 Å². The summed E-state index contributed by atoms with van der Waals surface area (Å²) in [5, 5.41) is 7.48. The molecule has 0 spiro atoms. The molecule has 1 amide bonds. The predicted octanol–water partition coefficient (Wildman–Crippen LogP) is 1.75. The molecule has 0 unspecified atom stereocenters. The third-order valence-corrected chi connectivity index (χ3v) is 8.57. The van der Waals surface area contributed by atoms with Crippen molar-refractivity contribution in [1.29, 1.82) is 0 Å². The number of hydrogen-bond acceptors (Lipinski definition) is 7. The Hall–Kier alpha value is -2.31. The molecular weight excluding hydrogens is 442 g/mol. The summed E-state index contributed by atoms with van der Waals surface area (Å²) in [5.41, 5.74) is 0.254. The van der Waals surface area contributed by atoms with E-state index >= 15 is 0 Å². The third-order valence-electron chi connectivity index (χ3n) is 5.09. The summed E-state index contributed by atoms with van der Waals surface area (Å²) in [4.78, 5) is 13.1. The van der Waals surface area contributed by atoms with Crippen LogP contribution < -0.4 is 0 Å². The Labute approximate surface area is 182 Å². The number of hydrogen-bond donors (Lipinski definition) is 0. The first-order valence-electron chi connectivity index (χ1n) is 9.68. The molecule has 1 aromatic heterocycles. The van der Waals surface area contributed by atoms with Crippen molar-refractivity contribution in [3.63, 3.8) is 0 Å². The highest BCUT2D eigenvalue weighted by Gasteiger charge is 2.44. The van der Waals surface area contributed by atoms with Crippen LogP contribution in [0.3, 0.4) is 0 Å². The zero-order chi connectivity index (χ0) is 23.5. The molecule has 0 saturated heterocycles. The predicted molar refractivity (Wildman–Crippen MR) is 113 cm³/mol. The minimum atomic E-state index is -4.12. The zero-order valence-electron chi connectivity index (χ0n) is 18.6. The highest BCUT2D eigenvalue weighted by Crippen LogP contribution is 2.36. The van der Waals surface area contributed by atoms with E-state index < -0.39 is 38.0 Å². The Morgan fingerprint density at radius 1 is 1.16 bits per heavy atom. The minimum absolute atomic E-state index is 0.0533. The van der Waals surface area contributed by atoms with E-state index in [1.807, 2.05) is 13.8 Å². The van der Waals surface area contributed by atoms with Crippen molar-refractivity contribution in [2.45, 2.75) is 62.5 Å². The second kappa shape index (κ2) is 7.38. The first kappa shape index (κ1) is 23.4. The standard InChI is InChI=1S/C19H27N5O5S2/c1-12(2)13-9-8-10-14-15(13)18(25)24(30(14,26)27)11-23-16(19(3,4)5)17(20-21-23)31(28,29)22(6)7/h8-10,12H,11H2,1-7H3. The maximum Gasteiger partial charge on any atom is 0.270 e. The Morgan fingerprint density at radius 3 is 2.29 bits per heavy atom. The topological polar surface area (TPSA) is 123 Å². The van der Waals surface area contributed by atoms with E-state index in [4.69, 9.17) is 0 Å². The molecule has 1 aliphatic rings. The van der Waals surface area contributed by atoms with Crippen LogP contribution in [0.4, 0.5) is 0 Å². The molecule has 2 aromatic rings. The number of benzene rings is 1. The molecule has 0 atom stereocenters.